The van der Waals surface area contributed by atoms with Gasteiger partial charge in [-0.25, -0.2) is 4.79 Å². The van der Waals surface area contributed by atoms with E-state index in [0.717, 1.165) is 38.8 Å². The summed E-state index contributed by atoms with van der Waals surface area (Å²) in [5.41, 5.74) is 0.889. The highest BCUT2D eigenvalue weighted by atomic mass is 127. The van der Waals surface area contributed by atoms with E-state index in [9.17, 15) is 14.7 Å². The number of rotatable bonds is 12. The van der Waals surface area contributed by atoms with Crippen molar-refractivity contribution < 1.29 is 24.2 Å². The number of carbonyl (C=O) groups excluding carboxylic acids is 2. The van der Waals surface area contributed by atoms with E-state index in [2.05, 4.69) is 114 Å². The normalized spacial score (nSPS) is 11.9. The molecule has 2 N–H and O–H groups in total. The quantitative estimate of drug-likeness (QED) is 0.156. The average Bonchev–Trinajstić information content (AvgIpc) is 2.79. The summed E-state index contributed by atoms with van der Waals surface area (Å²) in [6.07, 6.45) is 1.06. The largest absolute Gasteiger partial charge is 0.506 e. The number of carbonyl (C=O) groups is 2. The number of benzene rings is 2. The first-order valence-electron chi connectivity index (χ1n) is 11.1. The van der Waals surface area contributed by atoms with Gasteiger partial charge in [0.1, 0.15) is 17.5 Å². The SMILES string of the molecule is CCN(CC)CCCOC(=O)[C@H](Cc1cc(I)c(Oc2cc(I)c(O)c(I)c2)c(I)c1)NC(C)=O. The second-order valence-electron chi connectivity index (χ2n) is 7.73. The standard InChI is InChI=1S/C24H28I4N2O5/c1-4-30(5-2)7-6-8-34-24(33)21(29-14(3)31)11-15-9-19(27)23(20(28)10-15)35-16-12-17(25)22(32)18(26)13-16/h9-10,12-13,21,32H,4-8,11H2,1-3H3,(H,29,31)/t21-/m0/s1. The number of hydrogen-bond acceptors (Lipinski definition) is 6. The number of halogens is 4. The number of nitrogens with zero attached hydrogens (tertiary/aromatic N) is 1. The molecule has 0 unspecified atom stereocenters. The summed E-state index contributed by atoms with van der Waals surface area (Å²) in [5.74, 6) is 0.850. The Morgan fingerprint density at radius 1 is 1.00 bits per heavy atom. The van der Waals surface area contributed by atoms with Crippen LogP contribution in [0.2, 0.25) is 0 Å². The van der Waals surface area contributed by atoms with E-state index in [-0.39, 0.29) is 11.7 Å². The molecule has 0 saturated heterocycles. The third-order valence-corrected chi connectivity index (χ3v) is 8.37. The van der Waals surface area contributed by atoms with Crippen LogP contribution >= 0.6 is 90.4 Å². The van der Waals surface area contributed by atoms with Gasteiger partial charge in [0.05, 0.1) is 20.9 Å². The number of amides is 1. The van der Waals surface area contributed by atoms with Gasteiger partial charge >= 0.3 is 5.97 Å². The maximum atomic E-state index is 12.7. The summed E-state index contributed by atoms with van der Waals surface area (Å²) >= 11 is 8.54. The molecule has 11 heteroatoms. The van der Waals surface area contributed by atoms with E-state index in [0.29, 0.717) is 31.7 Å². The van der Waals surface area contributed by atoms with Crippen LogP contribution in [0.25, 0.3) is 0 Å². The number of ether oxygens (including phenoxy) is 2. The second kappa shape index (κ2) is 15.3. The molecule has 1 atom stereocenters. The lowest BCUT2D eigenvalue weighted by Gasteiger charge is -2.20. The van der Waals surface area contributed by atoms with Crippen molar-refractivity contribution in [3.05, 3.63) is 44.1 Å². The van der Waals surface area contributed by atoms with E-state index < -0.39 is 12.0 Å². The maximum absolute atomic E-state index is 12.7. The fourth-order valence-electron chi connectivity index (χ4n) is 3.32. The third-order valence-electron chi connectivity index (χ3n) is 5.13. The smallest absolute Gasteiger partial charge is 0.328 e. The highest BCUT2D eigenvalue weighted by Gasteiger charge is 2.23. The number of aromatic hydroxyl groups is 1. The zero-order chi connectivity index (χ0) is 26.1. The maximum Gasteiger partial charge on any atom is 0.328 e. The Morgan fingerprint density at radius 3 is 2.09 bits per heavy atom. The summed E-state index contributed by atoms with van der Waals surface area (Å²) in [7, 11) is 0. The van der Waals surface area contributed by atoms with Gasteiger partial charge in [-0.15, -0.1) is 0 Å². The molecule has 0 radical (unpaired) electrons. The third kappa shape index (κ3) is 9.92. The fraction of sp³-hybridized carbons (Fsp3) is 0.417. The zero-order valence-electron chi connectivity index (χ0n) is 19.7. The van der Waals surface area contributed by atoms with E-state index in [1.807, 2.05) is 12.1 Å². The second-order valence-corrected chi connectivity index (χ2v) is 12.4. The minimum atomic E-state index is -0.764. The monoisotopic (exact) mass is 932 g/mol. The molecule has 0 spiro atoms. The van der Waals surface area contributed by atoms with Crippen molar-refractivity contribution in [1.29, 1.82) is 0 Å². The van der Waals surface area contributed by atoms with Crippen LogP contribution in [-0.2, 0) is 20.7 Å². The first-order chi connectivity index (χ1) is 16.5. The predicted molar refractivity (Wildman–Crippen MR) is 170 cm³/mol. The molecule has 2 rings (SSSR count). The molecule has 2 aromatic carbocycles. The van der Waals surface area contributed by atoms with Crippen LogP contribution < -0.4 is 10.1 Å². The zero-order valence-corrected chi connectivity index (χ0v) is 28.3. The molecule has 0 saturated carbocycles. The molecule has 2 aromatic rings. The van der Waals surface area contributed by atoms with Gasteiger partial charge in [-0.05, 0) is 140 Å². The number of phenolic OH excluding ortho intramolecular Hbond substituents is 1. The van der Waals surface area contributed by atoms with Gasteiger partial charge in [-0.3, -0.25) is 4.79 Å². The molecular formula is C24H28I4N2O5. The first-order valence-corrected chi connectivity index (χ1v) is 15.4. The van der Waals surface area contributed by atoms with Gasteiger partial charge in [0.25, 0.3) is 0 Å². The van der Waals surface area contributed by atoms with E-state index in [1.165, 1.54) is 6.92 Å². The summed E-state index contributed by atoms with van der Waals surface area (Å²) in [6, 6.07) is 6.68. The van der Waals surface area contributed by atoms with Crippen LogP contribution in [0.4, 0.5) is 0 Å². The first kappa shape index (κ1) is 31.1. The molecule has 0 fully saturated rings. The predicted octanol–water partition coefficient (Wildman–Crippen LogP) is 5.93. The Balaban J connectivity index is 2.11. The van der Waals surface area contributed by atoms with Crippen molar-refractivity contribution in [1.82, 2.24) is 10.2 Å². The molecule has 7 nitrogen and oxygen atoms in total. The number of esters is 1. The van der Waals surface area contributed by atoms with Crippen molar-refractivity contribution >= 4 is 102 Å². The van der Waals surface area contributed by atoms with Gasteiger partial charge in [-0.1, -0.05) is 13.8 Å². The van der Waals surface area contributed by atoms with Crippen molar-refractivity contribution in [2.45, 2.75) is 39.7 Å². The van der Waals surface area contributed by atoms with Gasteiger partial charge in [-0.2, -0.15) is 0 Å². The summed E-state index contributed by atoms with van der Waals surface area (Å²) in [4.78, 5) is 26.8. The summed E-state index contributed by atoms with van der Waals surface area (Å²) in [6.45, 7) is 8.70. The van der Waals surface area contributed by atoms with Gasteiger partial charge in [0.15, 0.2) is 5.75 Å². The van der Waals surface area contributed by atoms with Crippen LogP contribution in [0.15, 0.2) is 24.3 Å². The van der Waals surface area contributed by atoms with Crippen LogP contribution in [-0.4, -0.2) is 54.2 Å². The molecule has 1 amide bonds. The van der Waals surface area contributed by atoms with Crippen LogP contribution in [0.5, 0.6) is 17.2 Å². The van der Waals surface area contributed by atoms with Crippen molar-refractivity contribution in [2.24, 2.45) is 0 Å². The Morgan fingerprint density at radius 2 is 1.57 bits per heavy atom. The Labute approximate surface area is 261 Å². The van der Waals surface area contributed by atoms with E-state index in [4.69, 9.17) is 9.47 Å². The number of nitrogens with one attached hydrogen (secondary N) is 1. The Bertz CT molecular complexity index is 1000. The van der Waals surface area contributed by atoms with Gasteiger partial charge in [0.2, 0.25) is 5.91 Å². The molecule has 0 aliphatic rings. The highest BCUT2D eigenvalue weighted by Crippen LogP contribution is 2.37. The summed E-state index contributed by atoms with van der Waals surface area (Å²) in [5, 5.41) is 12.7. The van der Waals surface area contributed by atoms with Crippen molar-refractivity contribution in [2.75, 3.05) is 26.2 Å². The van der Waals surface area contributed by atoms with E-state index >= 15 is 0 Å². The Hall–Kier alpha value is -0.140. The number of hydrogen-bond donors (Lipinski definition) is 2. The van der Waals surface area contributed by atoms with Crippen molar-refractivity contribution in [3.63, 3.8) is 0 Å². The molecule has 35 heavy (non-hydrogen) atoms. The van der Waals surface area contributed by atoms with Crippen LogP contribution in [0.3, 0.4) is 0 Å². The van der Waals surface area contributed by atoms with Crippen LogP contribution in [0, 0.1) is 14.3 Å². The lowest BCUT2D eigenvalue weighted by atomic mass is 10.1. The topological polar surface area (TPSA) is 88.1 Å². The van der Waals surface area contributed by atoms with Crippen LogP contribution in [0.1, 0.15) is 32.8 Å². The lowest BCUT2D eigenvalue weighted by molar-refractivity contribution is -0.147. The lowest BCUT2D eigenvalue weighted by Crippen LogP contribution is -2.42. The molecule has 192 valence electrons. The molecule has 0 aliphatic heterocycles. The molecule has 0 aliphatic carbocycles. The minimum absolute atomic E-state index is 0.238. The van der Waals surface area contributed by atoms with E-state index in [1.54, 1.807) is 12.1 Å². The average molecular weight is 932 g/mol. The van der Waals surface area contributed by atoms with Gasteiger partial charge < -0.3 is 24.8 Å². The molecular weight excluding hydrogens is 904 g/mol. The number of phenols is 1. The highest BCUT2D eigenvalue weighted by molar-refractivity contribution is 14.1. The Kier molecular flexibility index (Phi) is 13.6. The molecule has 0 bridgehead atoms. The fourth-order valence-corrected chi connectivity index (χ4v) is 7.15. The van der Waals surface area contributed by atoms with Gasteiger partial charge in [0, 0.05) is 19.9 Å². The molecule has 0 heterocycles. The minimum Gasteiger partial charge on any atom is -0.506 e. The molecule has 0 aromatic heterocycles. The summed E-state index contributed by atoms with van der Waals surface area (Å²) < 4.78 is 14.8. The van der Waals surface area contributed by atoms with Crippen molar-refractivity contribution in [3.8, 4) is 17.2 Å².